The number of urea groups is 1. The molecule has 108 valence electrons. The van der Waals surface area contributed by atoms with E-state index in [1.165, 1.54) is 4.90 Å². The van der Waals surface area contributed by atoms with Crippen molar-refractivity contribution in [3.63, 3.8) is 0 Å². The zero-order valence-electron chi connectivity index (χ0n) is 10.8. The van der Waals surface area contributed by atoms with Crippen LogP contribution >= 0.6 is 0 Å². The Hall–Kier alpha value is -2.09. The number of aliphatic hydroxyl groups excluding tert-OH is 1. The van der Waals surface area contributed by atoms with Crippen molar-refractivity contribution in [2.75, 3.05) is 13.1 Å². The highest BCUT2D eigenvalue weighted by atomic mass is 16.4. The van der Waals surface area contributed by atoms with Crippen LogP contribution in [0.5, 0.6) is 0 Å². The Morgan fingerprint density at radius 1 is 1.35 bits per heavy atom. The highest BCUT2D eigenvalue weighted by Crippen LogP contribution is 2.22. The van der Waals surface area contributed by atoms with Gasteiger partial charge < -0.3 is 24.6 Å². The number of carbonyl (C=O) groups excluding carboxylic acids is 1. The molecule has 3 heterocycles. The van der Waals surface area contributed by atoms with Crippen LogP contribution in [0.1, 0.15) is 12.2 Å². The predicted molar refractivity (Wildman–Crippen MR) is 66.8 cm³/mol. The number of fused-ring (bicyclic) bond motifs is 1. The molecule has 0 radical (unpaired) electrons. The monoisotopic (exact) mass is 280 g/mol. The molecule has 3 rings (SSSR count). The second-order valence-electron chi connectivity index (χ2n) is 5.14. The topological polar surface area (TPSA) is 98.9 Å². The number of hydrogen-bond acceptors (Lipinski definition) is 4. The smallest absolute Gasteiger partial charge is 0.326 e. The molecule has 2 unspecified atom stereocenters. The Labute approximate surface area is 115 Å². The summed E-state index contributed by atoms with van der Waals surface area (Å²) in [6.07, 6.45) is 2.86. The molecule has 2 N–H and O–H groups in total. The van der Waals surface area contributed by atoms with Gasteiger partial charge in [0.1, 0.15) is 11.9 Å². The number of carboxylic acids is 1. The van der Waals surface area contributed by atoms with Crippen molar-refractivity contribution in [2.24, 2.45) is 0 Å². The van der Waals surface area contributed by atoms with Crippen molar-refractivity contribution < 1.29 is 19.8 Å². The van der Waals surface area contributed by atoms with Crippen LogP contribution in [0.2, 0.25) is 0 Å². The molecule has 0 saturated carbocycles. The molecule has 2 atom stereocenters. The fraction of sp³-hybridized carbons (Fsp3) is 0.583. The quantitative estimate of drug-likeness (QED) is 0.711. The summed E-state index contributed by atoms with van der Waals surface area (Å²) in [5.74, 6) is -0.287. The molecule has 1 aromatic rings. The maximum atomic E-state index is 12.4. The van der Waals surface area contributed by atoms with Crippen LogP contribution in [0.25, 0.3) is 0 Å². The Kier molecular flexibility index (Phi) is 3.09. The number of aromatic nitrogens is 2. The maximum Gasteiger partial charge on any atom is 0.326 e. The van der Waals surface area contributed by atoms with Gasteiger partial charge in [-0.25, -0.2) is 14.6 Å². The van der Waals surface area contributed by atoms with E-state index in [2.05, 4.69) is 4.98 Å². The van der Waals surface area contributed by atoms with Gasteiger partial charge in [-0.15, -0.1) is 0 Å². The molecule has 2 aliphatic heterocycles. The molecule has 20 heavy (non-hydrogen) atoms. The summed E-state index contributed by atoms with van der Waals surface area (Å²) in [5.41, 5.74) is 0. The lowest BCUT2D eigenvalue weighted by molar-refractivity contribution is -0.141. The number of aliphatic hydroxyl groups is 1. The Balaban J connectivity index is 1.74. The number of likely N-dealkylation sites (tertiary alicyclic amines) is 1. The number of carbonyl (C=O) groups is 2. The molecular weight excluding hydrogens is 264 g/mol. The minimum Gasteiger partial charge on any atom is -0.480 e. The van der Waals surface area contributed by atoms with Crippen LogP contribution in [-0.4, -0.2) is 66.8 Å². The van der Waals surface area contributed by atoms with E-state index in [0.717, 1.165) is 5.82 Å². The molecule has 1 saturated heterocycles. The number of nitrogens with zero attached hydrogens (tertiary/aromatic N) is 4. The molecule has 8 nitrogen and oxygen atoms in total. The van der Waals surface area contributed by atoms with Crippen molar-refractivity contribution in [1.29, 1.82) is 0 Å². The van der Waals surface area contributed by atoms with Gasteiger partial charge in [-0.05, 0) is 0 Å². The highest BCUT2D eigenvalue weighted by molar-refractivity contribution is 5.83. The van der Waals surface area contributed by atoms with E-state index in [-0.39, 0.29) is 19.0 Å². The van der Waals surface area contributed by atoms with Crippen LogP contribution in [-0.2, 0) is 17.9 Å². The first-order valence-electron chi connectivity index (χ1n) is 6.52. The summed E-state index contributed by atoms with van der Waals surface area (Å²) in [6, 6.07) is -1.29. The number of imidazole rings is 1. The molecule has 2 amide bonds. The number of carboxylic acid groups (broad SMARTS) is 1. The average Bonchev–Trinajstić information content (AvgIpc) is 3.02. The first-order chi connectivity index (χ1) is 9.56. The average molecular weight is 280 g/mol. The maximum absolute atomic E-state index is 12.4. The van der Waals surface area contributed by atoms with Gasteiger partial charge in [0.2, 0.25) is 0 Å². The Bertz CT molecular complexity index is 543. The number of β-amino-alcohol motifs (C(OH)–C–C–N with tert-alkyl or cyclic N) is 1. The lowest BCUT2D eigenvalue weighted by Gasteiger charge is -2.32. The van der Waals surface area contributed by atoms with E-state index in [0.29, 0.717) is 19.6 Å². The van der Waals surface area contributed by atoms with Crippen molar-refractivity contribution in [1.82, 2.24) is 19.4 Å². The number of aliphatic carboxylic acids is 1. The third-order valence-corrected chi connectivity index (χ3v) is 3.83. The summed E-state index contributed by atoms with van der Waals surface area (Å²) >= 11 is 0. The van der Waals surface area contributed by atoms with Gasteiger partial charge >= 0.3 is 12.0 Å². The highest BCUT2D eigenvalue weighted by Gasteiger charge is 2.41. The zero-order chi connectivity index (χ0) is 14.3. The van der Waals surface area contributed by atoms with Crippen LogP contribution < -0.4 is 0 Å². The molecule has 0 spiro atoms. The van der Waals surface area contributed by atoms with Gasteiger partial charge in [0.25, 0.3) is 0 Å². The third-order valence-electron chi connectivity index (χ3n) is 3.83. The lowest BCUT2D eigenvalue weighted by Crippen LogP contribution is -2.50. The molecule has 0 aromatic carbocycles. The van der Waals surface area contributed by atoms with Gasteiger partial charge in [0.15, 0.2) is 0 Å². The molecule has 8 heteroatoms. The first-order valence-corrected chi connectivity index (χ1v) is 6.52. The van der Waals surface area contributed by atoms with Crippen molar-refractivity contribution in [2.45, 2.75) is 31.7 Å². The summed E-state index contributed by atoms with van der Waals surface area (Å²) < 4.78 is 1.97. The van der Waals surface area contributed by atoms with Gasteiger partial charge in [-0.2, -0.15) is 0 Å². The number of rotatable bonds is 1. The minimum absolute atomic E-state index is 0.0702. The van der Waals surface area contributed by atoms with E-state index in [1.54, 1.807) is 11.1 Å². The third kappa shape index (κ3) is 2.11. The molecule has 0 bridgehead atoms. The van der Waals surface area contributed by atoms with E-state index in [1.807, 2.05) is 10.8 Å². The van der Waals surface area contributed by atoms with Gasteiger partial charge in [0.05, 0.1) is 12.6 Å². The van der Waals surface area contributed by atoms with Crippen LogP contribution in [0, 0.1) is 0 Å². The fourth-order valence-electron chi connectivity index (χ4n) is 2.78. The number of hydrogen-bond donors (Lipinski definition) is 2. The Morgan fingerprint density at radius 2 is 2.15 bits per heavy atom. The standard InChI is InChI=1S/C12H16N4O4/c17-8-5-9(11(18)19)16(6-8)12(20)15-4-3-14-2-1-13-10(14)7-15/h1-2,8-9,17H,3-7H2,(H,18,19). The predicted octanol–water partition coefficient (Wildman–Crippen LogP) is -0.661. The zero-order valence-corrected chi connectivity index (χ0v) is 10.8. The van der Waals surface area contributed by atoms with E-state index in [9.17, 15) is 14.7 Å². The fourth-order valence-corrected chi connectivity index (χ4v) is 2.78. The van der Waals surface area contributed by atoms with Crippen LogP contribution in [0.3, 0.4) is 0 Å². The van der Waals surface area contributed by atoms with Crippen molar-refractivity contribution in [3.8, 4) is 0 Å². The number of amides is 2. The van der Waals surface area contributed by atoms with Gasteiger partial charge in [-0.1, -0.05) is 0 Å². The molecular formula is C12H16N4O4. The van der Waals surface area contributed by atoms with Gasteiger partial charge in [-0.3, -0.25) is 0 Å². The molecule has 2 aliphatic rings. The van der Waals surface area contributed by atoms with E-state index in [4.69, 9.17) is 5.11 Å². The second kappa shape index (κ2) is 4.78. The largest absolute Gasteiger partial charge is 0.480 e. The van der Waals surface area contributed by atoms with Crippen molar-refractivity contribution >= 4 is 12.0 Å². The SMILES string of the molecule is O=C(O)C1CC(O)CN1C(=O)N1CCn2ccnc2C1. The summed E-state index contributed by atoms with van der Waals surface area (Å²) in [7, 11) is 0. The van der Waals surface area contributed by atoms with E-state index < -0.39 is 18.1 Å². The first kappa shape index (κ1) is 12.9. The second-order valence-corrected chi connectivity index (χ2v) is 5.14. The van der Waals surface area contributed by atoms with E-state index >= 15 is 0 Å². The van der Waals surface area contributed by atoms with Crippen molar-refractivity contribution in [3.05, 3.63) is 18.2 Å². The normalized spacial score (nSPS) is 25.6. The minimum atomic E-state index is -1.08. The van der Waals surface area contributed by atoms with Crippen LogP contribution in [0.4, 0.5) is 4.79 Å². The summed E-state index contributed by atoms with van der Waals surface area (Å²) in [5, 5.41) is 18.7. The summed E-state index contributed by atoms with van der Waals surface area (Å²) in [4.78, 5) is 30.6. The lowest BCUT2D eigenvalue weighted by atomic mass is 10.2. The Morgan fingerprint density at radius 3 is 2.90 bits per heavy atom. The van der Waals surface area contributed by atoms with Crippen LogP contribution in [0.15, 0.2) is 12.4 Å². The van der Waals surface area contributed by atoms with Gasteiger partial charge in [0, 0.05) is 38.4 Å². The summed E-state index contributed by atoms with van der Waals surface area (Å²) in [6.45, 7) is 1.60. The molecule has 1 fully saturated rings. The molecule has 0 aliphatic carbocycles. The molecule has 1 aromatic heterocycles.